The molecule has 0 amide bonds. The van der Waals surface area contributed by atoms with E-state index in [0.29, 0.717) is 16.5 Å². The maximum atomic E-state index is 14.7. The number of halogens is 5. The second-order valence-electron chi connectivity index (χ2n) is 7.59. The van der Waals surface area contributed by atoms with E-state index in [1.165, 1.54) is 19.3 Å². The molecule has 0 saturated heterocycles. The van der Waals surface area contributed by atoms with Crippen LogP contribution in [-0.2, 0) is 10.3 Å². The number of ether oxygens (including phenoxy) is 1. The summed E-state index contributed by atoms with van der Waals surface area (Å²) < 4.78 is 73.6. The summed E-state index contributed by atoms with van der Waals surface area (Å²) in [5, 5.41) is 12.4. The van der Waals surface area contributed by atoms with Crippen molar-refractivity contribution in [3.63, 3.8) is 0 Å². The molecule has 0 bridgehead atoms. The van der Waals surface area contributed by atoms with Crippen LogP contribution in [0.15, 0.2) is 41.7 Å². The molecule has 0 fully saturated rings. The van der Waals surface area contributed by atoms with Gasteiger partial charge in [-0.3, -0.25) is 4.98 Å². The lowest BCUT2D eigenvalue weighted by Gasteiger charge is -2.36. The topological polar surface area (TPSA) is 109 Å². The third-order valence-electron chi connectivity index (χ3n) is 5.17. The van der Waals surface area contributed by atoms with E-state index >= 15 is 0 Å². The van der Waals surface area contributed by atoms with Crippen LogP contribution in [0.3, 0.4) is 0 Å². The van der Waals surface area contributed by atoms with Crippen molar-refractivity contribution in [1.82, 2.24) is 9.97 Å². The number of alkyl halides is 3. The fraction of sp³-hybridized carbons (Fsp3) is 0.238. The van der Waals surface area contributed by atoms with E-state index < -0.39 is 47.5 Å². The molecule has 0 aliphatic carbocycles. The SMILES string of the molecule is C[C@@]1(c2cc(Nc3nccc4cc(C#N)cnc34)cc(F)c2F)C[C@@H](C(F)(F)F)OC(N)=N1. The Kier molecular flexibility index (Phi) is 5.27. The van der Waals surface area contributed by atoms with Crippen molar-refractivity contribution >= 4 is 28.4 Å². The van der Waals surface area contributed by atoms with Crippen molar-refractivity contribution in [2.24, 2.45) is 10.7 Å². The summed E-state index contributed by atoms with van der Waals surface area (Å²) in [6.45, 7) is 1.21. The molecule has 4 rings (SSSR count). The number of amidine groups is 1. The lowest BCUT2D eigenvalue weighted by Crippen LogP contribution is -2.46. The number of nitrogens with one attached hydrogen (secondary N) is 1. The van der Waals surface area contributed by atoms with Gasteiger partial charge in [-0.2, -0.15) is 18.4 Å². The molecular formula is C21H15F5N6O. The quantitative estimate of drug-likeness (QED) is 0.559. The van der Waals surface area contributed by atoms with Crippen LogP contribution in [-0.4, -0.2) is 28.3 Å². The maximum absolute atomic E-state index is 14.7. The summed E-state index contributed by atoms with van der Waals surface area (Å²) in [6, 6.07) is 6.34. The highest BCUT2D eigenvalue weighted by molar-refractivity contribution is 5.90. The molecule has 1 aliphatic rings. The van der Waals surface area contributed by atoms with Gasteiger partial charge in [-0.25, -0.2) is 18.8 Å². The van der Waals surface area contributed by atoms with Gasteiger partial charge in [-0.1, -0.05) is 0 Å². The van der Waals surface area contributed by atoms with Crippen molar-refractivity contribution in [3.8, 4) is 6.07 Å². The van der Waals surface area contributed by atoms with Gasteiger partial charge in [0.25, 0.3) is 6.02 Å². The van der Waals surface area contributed by atoms with Crippen LogP contribution in [0.4, 0.5) is 33.5 Å². The number of hydrogen-bond donors (Lipinski definition) is 2. The van der Waals surface area contributed by atoms with Crippen molar-refractivity contribution in [3.05, 3.63) is 59.4 Å². The minimum absolute atomic E-state index is 0.0000988. The molecular weight excluding hydrogens is 447 g/mol. The average molecular weight is 462 g/mol. The Balaban J connectivity index is 1.77. The average Bonchev–Trinajstić information content (AvgIpc) is 2.74. The van der Waals surface area contributed by atoms with E-state index in [-0.39, 0.29) is 11.5 Å². The standard InChI is InChI=1S/C21H15F5N6O/c1-20(7-15(21(24,25)26)33-19(28)32-20)13-5-12(6-14(22)16(13)23)31-18-17-11(2-3-29-18)4-10(8-27)9-30-17/h2-6,9,15H,7H2,1H3,(H2,28,32)(H,29,31)/t15-,20-/m0/s1. The number of aromatic nitrogens is 2. The molecule has 3 N–H and O–H groups in total. The van der Waals surface area contributed by atoms with Gasteiger partial charge in [0.05, 0.1) is 11.1 Å². The Morgan fingerprint density at radius 2 is 2.00 bits per heavy atom. The minimum Gasteiger partial charge on any atom is -0.452 e. The number of rotatable bonds is 3. The maximum Gasteiger partial charge on any atom is 0.425 e. The third-order valence-corrected chi connectivity index (χ3v) is 5.17. The molecule has 170 valence electrons. The van der Waals surface area contributed by atoms with E-state index in [2.05, 4.69) is 25.0 Å². The number of nitrogens with zero attached hydrogens (tertiary/aromatic N) is 4. The molecule has 7 nitrogen and oxygen atoms in total. The highest BCUT2D eigenvalue weighted by Gasteiger charge is 2.50. The molecule has 3 heterocycles. The first kappa shape index (κ1) is 22.2. The zero-order chi connectivity index (χ0) is 24.0. The fourth-order valence-corrected chi connectivity index (χ4v) is 3.62. The molecule has 12 heteroatoms. The Morgan fingerprint density at radius 3 is 2.70 bits per heavy atom. The first-order chi connectivity index (χ1) is 15.5. The summed E-state index contributed by atoms with van der Waals surface area (Å²) in [5.41, 5.74) is 3.80. The molecule has 0 spiro atoms. The van der Waals surface area contributed by atoms with E-state index in [1.54, 1.807) is 12.1 Å². The van der Waals surface area contributed by atoms with Gasteiger partial charge in [0.2, 0.25) is 0 Å². The highest BCUT2D eigenvalue weighted by Crippen LogP contribution is 2.42. The first-order valence-electron chi connectivity index (χ1n) is 9.50. The molecule has 0 unspecified atom stereocenters. The predicted molar refractivity (Wildman–Crippen MR) is 108 cm³/mol. The number of anilines is 2. The summed E-state index contributed by atoms with van der Waals surface area (Å²) in [6.07, 6.45) is -5.18. The largest absolute Gasteiger partial charge is 0.452 e. The van der Waals surface area contributed by atoms with Crippen LogP contribution in [0.2, 0.25) is 0 Å². The predicted octanol–water partition coefficient (Wildman–Crippen LogP) is 4.40. The van der Waals surface area contributed by atoms with Crippen molar-refractivity contribution < 1.29 is 26.7 Å². The molecule has 0 saturated carbocycles. The zero-order valence-corrected chi connectivity index (χ0v) is 16.9. The Labute approximate surface area is 183 Å². The van der Waals surface area contributed by atoms with Crippen LogP contribution >= 0.6 is 0 Å². The number of nitrogens with two attached hydrogens (primary N) is 1. The van der Waals surface area contributed by atoms with E-state index in [0.717, 1.165) is 12.1 Å². The van der Waals surface area contributed by atoms with Gasteiger partial charge in [0, 0.05) is 41.5 Å². The van der Waals surface area contributed by atoms with Crippen molar-refractivity contribution in [2.45, 2.75) is 31.2 Å². The Bertz CT molecular complexity index is 1320. The normalized spacial score (nSPS) is 20.6. The summed E-state index contributed by atoms with van der Waals surface area (Å²) in [4.78, 5) is 12.1. The smallest absolute Gasteiger partial charge is 0.425 e. The molecule has 2 aromatic heterocycles. The number of pyridine rings is 2. The van der Waals surface area contributed by atoms with Crippen LogP contribution in [0, 0.1) is 23.0 Å². The number of aliphatic imine (C=N–C) groups is 1. The lowest BCUT2D eigenvalue weighted by atomic mass is 9.85. The van der Waals surface area contributed by atoms with Gasteiger partial charge in [0.1, 0.15) is 11.6 Å². The van der Waals surface area contributed by atoms with Crippen LogP contribution in [0.1, 0.15) is 24.5 Å². The van der Waals surface area contributed by atoms with Gasteiger partial charge in [0.15, 0.2) is 23.6 Å². The summed E-state index contributed by atoms with van der Waals surface area (Å²) in [5.74, 6) is -2.49. The summed E-state index contributed by atoms with van der Waals surface area (Å²) in [7, 11) is 0. The minimum atomic E-state index is -4.78. The first-order valence-corrected chi connectivity index (χ1v) is 9.50. The number of hydrogen-bond acceptors (Lipinski definition) is 7. The van der Waals surface area contributed by atoms with Gasteiger partial charge in [-0.15, -0.1) is 0 Å². The zero-order valence-electron chi connectivity index (χ0n) is 16.9. The van der Waals surface area contributed by atoms with Gasteiger partial charge in [-0.05, 0) is 25.1 Å². The molecule has 0 radical (unpaired) electrons. The lowest BCUT2D eigenvalue weighted by molar-refractivity contribution is -0.208. The summed E-state index contributed by atoms with van der Waals surface area (Å²) >= 11 is 0. The van der Waals surface area contributed by atoms with Crippen molar-refractivity contribution in [1.29, 1.82) is 5.26 Å². The van der Waals surface area contributed by atoms with Crippen LogP contribution < -0.4 is 11.1 Å². The highest BCUT2D eigenvalue weighted by atomic mass is 19.4. The fourth-order valence-electron chi connectivity index (χ4n) is 3.62. The van der Waals surface area contributed by atoms with Gasteiger partial charge >= 0.3 is 6.18 Å². The van der Waals surface area contributed by atoms with Gasteiger partial charge < -0.3 is 15.8 Å². The Hall–Kier alpha value is -4.01. The van der Waals surface area contributed by atoms with E-state index in [1.807, 2.05) is 6.07 Å². The van der Waals surface area contributed by atoms with E-state index in [9.17, 15) is 22.0 Å². The number of benzene rings is 1. The van der Waals surface area contributed by atoms with Crippen LogP contribution in [0.5, 0.6) is 0 Å². The molecule has 1 aliphatic heterocycles. The van der Waals surface area contributed by atoms with Crippen LogP contribution in [0.25, 0.3) is 10.9 Å². The molecule has 2 atom stereocenters. The molecule has 1 aromatic carbocycles. The Morgan fingerprint density at radius 1 is 1.24 bits per heavy atom. The monoisotopic (exact) mass is 462 g/mol. The van der Waals surface area contributed by atoms with E-state index in [4.69, 9.17) is 11.0 Å². The molecule has 33 heavy (non-hydrogen) atoms. The third kappa shape index (κ3) is 4.21. The number of fused-ring (bicyclic) bond motifs is 1. The number of nitriles is 1. The van der Waals surface area contributed by atoms with Crippen molar-refractivity contribution in [2.75, 3.05) is 5.32 Å². The second-order valence-corrected chi connectivity index (χ2v) is 7.59. The molecule has 3 aromatic rings. The second kappa shape index (κ2) is 7.84.